The SMILES string of the molecule is COCCCNC(=O)CNc1ccc(C)cc1Br. The first-order valence-corrected chi connectivity index (χ1v) is 6.68. The van der Waals surface area contributed by atoms with E-state index in [1.807, 2.05) is 25.1 Å². The van der Waals surface area contributed by atoms with Crippen LogP contribution in [0.1, 0.15) is 12.0 Å². The number of halogens is 1. The Morgan fingerprint density at radius 2 is 2.22 bits per heavy atom. The molecular formula is C13H19BrN2O2. The number of ether oxygens (including phenoxy) is 1. The topological polar surface area (TPSA) is 50.4 Å². The number of carbonyl (C=O) groups is 1. The summed E-state index contributed by atoms with van der Waals surface area (Å²) in [5.74, 6) is -0.0152. The van der Waals surface area contributed by atoms with Crippen molar-refractivity contribution in [2.75, 3.05) is 32.1 Å². The van der Waals surface area contributed by atoms with E-state index in [4.69, 9.17) is 4.74 Å². The number of anilines is 1. The molecule has 5 heteroatoms. The van der Waals surface area contributed by atoms with Crippen LogP contribution < -0.4 is 10.6 Å². The summed E-state index contributed by atoms with van der Waals surface area (Å²) in [6.45, 7) is 3.60. The Balaban J connectivity index is 2.29. The smallest absolute Gasteiger partial charge is 0.239 e. The summed E-state index contributed by atoms with van der Waals surface area (Å²) >= 11 is 3.46. The molecule has 0 aliphatic rings. The molecule has 0 atom stereocenters. The molecule has 0 aromatic heterocycles. The molecule has 0 spiro atoms. The number of rotatable bonds is 7. The second-order valence-corrected chi connectivity index (χ2v) is 4.89. The van der Waals surface area contributed by atoms with Crippen molar-refractivity contribution in [2.45, 2.75) is 13.3 Å². The number of nitrogens with one attached hydrogen (secondary N) is 2. The Hall–Kier alpha value is -1.07. The van der Waals surface area contributed by atoms with Crippen LogP contribution in [-0.4, -0.2) is 32.7 Å². The van der Waals surface area contributed by atoms with Crippen LogP contribution in [0.5, 0.6) is 0 Å². The molecule has 0 bridgehead atoms. The number of carbonyl (C=O) groups excluding carboxylic acids is 1. The van der Waals surface area contributed by atoms with Gasteiger partial charge in [0.2, 0.25) is 5.91 Å². The quantitative estimate of drug-likeness (QED) is 0.759. The Bertz CT molecular complexity index is 397. The van der Waals surface area contributed by atoms with Crippen LogP contribution in [0.3, 0.4) is 0 Å². The second-order valence-electron chi connectivity index (χ2n) is 4.03. The first-order valence-electron chi connectivity index (χ1n) is 5.89. The summed E-state index contributed by atoms with van der Waals surface area (Å²) in [6, 6.07) is 5.97. The van der Waals surface area contributed by atoms with Crippen molar-refractivity contribution >= 4 is 27.5 Å². The van der Waals surface area contributed by atoms with Crippen LogP contribution in [0, 0.1) is 6.92 Å². The van der Waals surface area contributed by atoms with Gasteiger partial charge in [-0.25, -0.2) is 0 Å². The first kappa shape index (κ1) is 15.0. The Morgan fingerprint density at radius 1 is 1.44 bits per heavy atom. The van der Waals surface area contributed by atoms with E-state index in [-0.39, 0.29) is 12.5 Å². The van der Waals surface area contributed by atoms with Gasteiger partial charge < -0.3 is 15.4 Å². The predicted octanol–water partition coefficient (Wildman–Crippen LogP) is 2.32. The Morgan fingerprint density at radius 3 is 2.89 bits per heavy atom. The van der Waals surface area contributed by atoms with E-state index >= 15 is 0 Å². The molecule has 0 aliphatic heterocycles. The summed E-state index contributed by atoms with van der Waals surface area (Å²) in [5.41, 5.74) is 2.10. The van der Waals surface area contributed by atoms with E-state index in [9.17, 15) is 4.79 Å². The minimum atomic E-state index is -0.0152. The van der Waals surface area contributed by atoms with E-state index in [1.165, 1.54) is 5.56 Å². The van der Waals surface area contributed by atoms with E-state index in [1.54, 1.807) is 7.11 Å². The van der Waals surface area contributed by atoms with Crippen molar-refractivity contribution in [3.63, 3.8) is 0 Å². The van der Waals surface area contributed by atoms with Crippen molar-refractivity contribution in [3.8, 4) is 0 Å². The Labute approximate surface area is 116 Å². The lowest BCUT2D eigenvalue weighted by Crippen LogP contribution is -2.31. The highest BCUT2D eigenvalue weighted by Crippen LogP contribution is 2.22. The fourth-order valence-corrected chi connectivity index (χ4v) is 2.08. The lowest BCUT2D eigenvalue weighted by atomic mass is 10.2. The second kappa shape index (κ2) is 8.11. The van der Waals surface area contributed by atoms with Crippen molar-refractivity contribution in [2.24, 2.45) is 0 Å². The molecule has 1 aromatic rings. The molecule has 0 radical (unpaired) electrons. The van der Waals surface area contributed by atoms with Gasteiger partial charge in [-0.2, -0.15) is 0 Å². The zero-order valence-electron chi connectivity index (χ0n) is 10.8. The van der Waals surface area contributed by atoms with Crippen LogP contribution >= 0.6 is 15.9 Å². The third kappa shape index (κ3) is 5.51. The third-order valence-corrected chi connectivity index (χ3v) is 3.07. The fraction of sp³-hybridized carbons (Fsp3) is 0.462. The van der Waals surface area contributed by atoms with E-state index < -0.39 is 0 Å². The maximum atomic E-state index is 11.5. The van der Waals surface area contributed by atoms with Gasteiger partial charge in [-0.05, 0) is 47.0 Å². The maximum absolute atomic E-state index is 11.5. The van der Waals surface area contributed by atoms with Crippen molar-refractivity contribution in [1.29, 1.82) is 0 Å². The molecule has 0 fully saturated rings. The predicted molar refractivity (Wildman–Crippen MR) is 76.9 cm³/mol. The molecule has 18 heavy (non-hydrogen) atoms. The lowest BCUT2D eigenvalue weighted by molar-refractivity contribution is -0.119. The molecule has 0 heterocycles. The van der Waals surface area contributed by atoms with Crippen molar-refractivity contribution < 1.29 is 9.53 Å². The monoisotopic (exact) mass is 314 g/mol. The maximum Gasteiger partial charge on any atom is 0.239 e. The van der Waals surface area contributed by atoms with E-state index in [2.05, 4.69) is 26.6 Å². The van der Waals surface area contributed by atoms with Gasteiger partial charge in [-0.1, -0.05) is 6.07 Å². The van der Waals surface area contributed by atoms with E-state index in [0.717, 1.165) is 16.6 Å². The zero-order chi connectivity index (χ0) is 13.4. The summed E-state index contributed by atoms with van der Waals surface area (Å²) in [4.78, 5) is 11.5. The van der Waals surface area contributed by atoms with Crippen molar-refractivity contribution in [1.82, 2.24) is 5.32 Å². The van der Waals surface area contributed by atoms with Crippen LogP contribution in [0.15, 0.2) is 22.7 Å². The molecule has 0 saturated carbocycles. The first-order chi connectivity index (χ1) is 8.63. The molecule has 100 valence electrons. The molecule has 1 aromatic carbocycles. The average molecular weight is 315 g/mol. The summed E-state index contributed by atoms with van der Waals surface area (Å²) in [5, 5.41) is 5.91. The van der Waals surface area contributed by atoms with Gasteiger partial charge in [0.15, 0.2) is 0 Å². The highest BCUT2D eigenvalue weighted by molar-refractivity contribution is 9.10. The summed E-state index contributed by atoms with van der Waals surface area (Å²) < 4.78 is 5.87. The number of benzene rings is 1. The molecule has 0 saturated heterocycles. The summed E-state index contributed by atoms with van der Waals surface area (Å²) in [6.07, 6.45) is 0.830. The van der Waals surface area contributed by atoms with Crippen LogP contribution in [-0.2, 0) is 9.53 Å². The number of amides is 1. The van der Waals surface area contributed by atoms with Crippen molar-refractivity contribution in [3.05, 3.63) is 28.2 Å². The van der Waals surface area contributed by atoms with Gasteiger partial charge in [0.1, 0.15) is 0 Å². The summed E-state index contributed by atoms with van der Waals surface area (Å²) in [7, 11) is 1.65. The minimum Gasteiger partial charge on any atom is -0.385 e. The van der Waals surface area contributed by atoms with Crippen LogP contribution in [0.2, 0.25) is 0 Å². The largest absolute Gasteiger partial charge is 0.385 e. The molecule has 2 N–H and O–H groups in total. The van der Waals surface area contributed by atoms with Gasteiger partial charge in [-0.15, -0.1) is 0 Å². The normalized spacial score (nSPS) is 10.2. The van der Waals surface area contributed by atoms with Gasteiger partial charge >= 0.3 is 0 Å². The average Bonchev–Trinajstić information content (AvgIpc) is 2.33. The van der Waals surface area contributed by atoms with Gasteiger partial charge in [0.05, 0.1) is 6.54 Å². The standard InChI is InChI=1S/C13H19BrN2O2/c1-10-4-5-12(11(14)8-10)16-9-13(17)15-6-3-7-18-2/h4-5,8,16H,3,6-7,9H2,1-2H3,(H,15,17). The number of methoxy groups -OCH3 is 1. The van der Waals surface area contributed by atoms with E-state index in [0.29, 0.717) is 13.2 Å². The lowest BCUT2D eigenvalue weighted by Gasteiger charge is -2.09. The molecule has 0 aliphatic carbocycles. The van der Waals surface area contributed by atoms with Gasteiger partial charge in [0.25, 0.3) is 0 Å². The fourth-order valence-electron chi connectivity index (χ4n) is 1.45. The van der Waals surface area contributed by atoms with Crippen LogP contribution in [0.25, 0.3) is 0 Å². The zero-order valence-corrected chi connectivity index (χ0v) is 12.3. The number of hydrogen-bond acceptors (Lipinski definition) is 3. The third-order valence-electron chi connectivity index (χ3n) is 2.41. The molecule has 1 rings (SSSR count). The molecule has 1 amide bonds. The highest BCUT2D eigenvalue weighted by atomic mass is 79.9. The molecule has 0 unspecified atom stereocenters. The molecule has 4 nitrogen and oxygen atoms in total. The highest BCUT2D eigenvalue weighted by Gasteiger charge is 2.03. The Kier molecular flexibility index (Phi) is 6.75. The van der Waals surface area contributed by atoms with Gasteiger partial charge in [-0.3, -0.25) is 4.79 Å². The minimum absolute atomic E-state index is 0.0152. The molecular weight excluding hydrogens is 296 g/mol. The number of aryl methyl sites for hydroxylation is 1. The number of hydrogen-bond donors (Lipinski definition) is 2. The van der Waals surface area contributed by atoms with Crippen LogP contribution in [0.4, 0.5) is 5.69 Å². The van der Waals surface area contributed by atoms with Gasteiger partial charge in [0, 0.05) is 30.4 Å².